The molecule has 13 heavy (non-hydrogen) atoms. The highest BCUT2D eigenvalue weighted by Crippen LogP contribution is 2.78. The van der Waals surface area contributed by atoms with Crippen LogP contribution in [-0.4, -0.2) is 11.6 Å². The molecule has 2 heteroatoms. The molecule has 7 atom stereocenters. The van der Waals surface area contributed by atoms with Crippen molar-refractivity contribution in [2.45, 2.75) is 13.3 Å². The molecule has 68 valence electrons. The third-order valence-electron chi connectivity index (χ3n) is 5.24. The van der Waals surface area contributed by atoms with E-state index in [4.69, 9.17) is 0 Å². The standard InChI is InChI=1S/C11H12O2/c1-3(12)6-8-5-2-4-7(8)10(6)9(4)11(5)13/h4-10H,2H2,1H3. The maximum Gasteiger partial charge on any atom is 0.139 e. The Bertz CT molecular complexity index is 342. The molecule has 0 aromatic rings. The summed E-state index contributed by atoms with van der Waals surface area (Å²) in [5, 5.41) is 0. The van der Waals surface area contributed by atoms with Gasteiger partial charge >= 0.3 is 0 Å². The first kappa shape index (κ1) is 6.74. The van der Waals surface area contributed by atoms with E-state index in [0.29, 0.717) is 41.2 Å². The van der Waals surface area contributed by atoms with E-state index in [1.807, 2.05) is 0 Å². The Balaban J connectivity index is 1.81. The van der Waals surface area contributed by atoms with Gasteiger partial charge in [-0.1, -0.05) is 0 Å². The molecule has 0 amide bonds. The van der Waals surface area contributed by atoms with Crippen molar-refractivity contribution in [3.8, 4) is 0 Å². The van der Waals surface area contributed by atoms with Crippen molar-refractivity contribution >= 4 is 11.6 Å². The Morgan fingerprint density at radius 1 is 1.31 bits per heavy atom. The maximum absolute atomic E-state index is 11.7. The maximum atomic E-state index is 11.7. The fourth-order valence-corrected chi connectivity index (χ4v) is 5.03. The van der Waals surface area contributed by atoms with Gasteiger partial charge in [-0.15, -0.1) is 0 Å². The van der Waals surface area contributed by atoms with E-state index in [2.05, 4.69) is 0 Å². The fraction of sp³-hybridized carbons (Fsp3) is 0.818. The lowest BCUT2D eigenvalue weighted by Gasteiger charge is -2.66. The molecule has 0 radical (unpaired) electrons. The molecule has 4 saturated carbocycles. The lowest BCUT2D eigenvalue weighted by Crippen LogP contribution is -2.69. The third kappa shape index (κ3) is 0.441. The molecule has 0 aromatic carbocycles. The number of fused-ring (bicyclic) bond motifs is 3. The van der Waals surface area contributed by atoms with Crippen LogP contribution in [0.2, 0.25) is 0 Å². The number of carbonyl (C=O) groups excluding carboxylic acids is 2. The molecule has 0 heterocycles. The minimum absolute atomic E-state index is 0.288. The van der Waals surface area contributed by atoms with Gasteiger partial charge in [0, 0.05) is 17.8 Å². The predicted octanol–water partition coefficient (Wildman–Crippen LogP) is 0.902. The highest BCUT2D eigenvalue weighted by atomic mass is 16.1. The van der Waals surface area contributed by atoms with E-state index in [0.717, 1.165) is 12.3 Å². The zero-order chi connectivity index (χ0) is 8.90. The normalized spacial score (nSPS) is 64.7. The molecule has 0 spiro atoms. The molecule has 0 saturated heterocycles. The van der Waals surface area contributed by atoms with Crippen molar-refractivity contribution in [3.63, 3.8) is 0 Å². The second kappa shape index (κ2) is 1.62. The summed E-state index contributed by atoms with van der Waals surface area (Å²) >= 11 is 0. The first-order valence-electron chi connectivity index (χ1n) is 5.26. The minimum Gasteiger partial charge on any atom is -0.300 e. The Kier molecular flexibility index (Phi) is 0.841. The Labute approximate surface area is 76.7 Å². The van der Waals surface area contributed by atoms with Crippen molar-refractivity contribution in [2.75, 3.05) is 0 Å². The van der Waals surface area contributed by atoms with Crippen molar-refractivity contribution in [1.29, 1.82) is 0 Å². The second-order valence-electron chi connectivity index (χ2n) is 5.30. The number of hydrogen-bond acceptors (Lipinski definition) is 2. The molecule has 0 aromatic heterocycles. The van der Waals surface area contributed by atoms with E-state index < -0.39 is 0 Å². The van der Waals surface area contributed by atoms with Crippen LogP contribution in [0.1, 0.15) is 13.3 Å². The molecule has 0 aliphatic heterocycles. The highest BCUT2D eigenvalue weighted by molar-refractivity contribution is 5.95. The van der Waals surface area contributed by atoms with Gasteiger partial charge in [0.25, 0.3) is 0 Å². The molecule has 4 fully saturated rings. The van der Waals surface area contributed by atoms with Crippen LogP contribution in [-0.2, 0) is 9.59 Å². The van der Waals surface area contributed by atoms with Gasteiger partial charge in [0.15, 0.2) is 0 Å². The number of rotatable bonds is 1. The van der Waals surface area contributed by atoms with Gasteiger partial charge in [-0.25, -0.2) is 0 Å². The minimum atomic E-state index is 0.288. The third-order valence-corrected chi connectivity index (χ3v) is 5.24. The number of hydrogen-bond donors (Lipinski definition) is 0. The van der Waals surface area contributed by atoms with Crippen LogP contribution in [0.15, 0.2) is 0 Å². The summed E-state index contributed by atoms with van der Waals surface area (Å²) in [7, 11) is 0. The number of carbonyl (C=O) groups is 2. The Morgan fingerprint density at radius 3 is 2.62 bits per heavy atom. The van der Waals surface area contributed by atoms with Crippen LogP contribution < -0.4 is 0 Å². The summed E-state index contributed by atoms with van der Waals surface area (Å²) in [6, 6.07) is 0. The fourth-order valence-electron chi connectivity index (χ4n) is 5.03. The van der Waals surface area contributed by atoms with E-state index in [1.54, 1.807) is 6.92 Å². The van der Waals surface area contributed by atoms with Crippen molar-refractivity contribution in [3.05, 3.63) is 0 Å². The van der Waals surface area contributed by atoms with Gasteiger partial charge in [-0.3, -0.25) is 9.59 Å². The van der Waals surface area contributed by atoms with Crippen molar-refractivity contribution in [2.24, 2.45) is 41.4 Å². The second-order valence-corrected chi connectivity index (χ2v) is 5.30. The average molecular weight is 176 g/mol. The molecule has 2 nitrogen and oxygen atoms in total. The van der Waals surface area contributed by atoms with Gasteiger partial charge in [0.1, 0.15) is 11.6 Å². The van der Waals surface area contributed by atoms with E-state index in [1.165, 1.54) is 0 Å². The quantitative estimate of drug-likeness (QED) is 0.595. The van der Waals surface area contributed by atoms with Crippen LogP contribution in [0.3, 0.4) is 0 Å². The van der Waals surface area contributed by atoms with Crippen molar-refractivity contribution in [1.82, 2.24) is 0 Å². The summed E-state index contributed by atoms with van der Waals surface area (Å²) in [5.74, 6) is 4.27. The van der Waals surface area contributed by atoms with Gasteiger partial charge in [-0.05, 0) is 37.0 Å². The summed E-state index contributed by atoms with van der Waals surface area (Å²) < 4.78 is 0. The topological polar surface area (TPSA) is 34.1 Å². The average Bonchev–Trinajstić information content (AvgIpc) is 2.36. The molecule has 4 rings (SSSR count). The van der Waals surface area contributed by atoms with E-state index >= 15 is 0 Å². The van der Waals surface area contributed by atoms with E-state index in [9.17, 15) is 9.59 Å². The van der Waals surface area contributed by atoms with E-state index in [-0.39, 0.29) is 5.92 Å². The lowest BCUT2D eigenvalue weighted by molar-refractivity contribution is -0.206. The summed E-state index contributed by atoms with van der Waals surface area (Å²) in [5.41, 5.74) is 0. The molecule has 7 unspecified atom stereocenters. The summed E-state index contributed by atoms with van der Waals surface area (Å²) in [6.45, 7) is 1.70. The molecule has 4 aliphatic rings. The number of Topliss-reactive ketones (excluding diaryl/α,β-unsaturated/α-hetero) is 2. The molecule has 0 N–H and O–H groups in total. The first-order valence-corrected chi connectivity index (χ1v) is 5.26. The van der Waals surface area contributed by atoms with Crippen LogP contribution in [0.25, 0.3) is 0 Å². The molecular weight excluding hydrogens is 164 g/mol. The SMILES string of the molecule is CC(=O)C1C2C3CC4C(C3=O)C1C42. The van der Waals surface area contributed by atoms with Gasteiger partial charge in [0.05, 0.1) is 0 Å². The van der Waals surface area contributed by atoms with Crippen LogP contribution in [0.4, 0.5) is 0 Å². The predicted molar refractivity (Wildman–Crippen MR) is 44.7 cm³/mol. The summed E-state index contributed by atoms with van der Waals surface area (Å²) in [6.07, 6.45) is 1.12. The zero-order valence-electron chi connectivity index (χ0n) is 7.57. The van der Waals surface area contributed by atoms with Crippen LogP contribution in [0.5, 0.6) is 0 Å². The summed E-state index contributed by atoms with van der Waals surface area (Å²) in [4.78, 5) is 23.1. The van der Waals surface area contributed by atoms with Crippen LogP contribution in [0, 0.1) is 41.4 Å². The van der Waals surface area contributed by atoms with Crippen LogP contribution >= 0.6 is 0 Å². The molecular formula is C11H12O2. The molecule has 4 aliphatic carbocycles. The first-order chi connectivity index (χ1) is 6.22. The largest absolute Gasteiger partial charge is 0.300 e. The van der Waals surface area contributed by atoms with Gasteiger partial charge < -0.3 is 0 Å². The van der Waals surface area contributed by atoms with Gasteiger partial charge in [-0.2, -0.15) is 0 Å². The van der Waals surface area contributed by atoms with Gasteiger partial charge in [0.2, 0.25) is 0 Å². The highest BCUT2D eigenvalue weighted by Gasteiger charge is 2.80. The van der Waals surface area contributed by atoms with Crippen molar-refractivity contribution < 1.29 is 9.59 Å². The Hall–Kier alpha value is -0.660. The smallest absolute Gasteiger partial charge is 0.139 e. The molecule has 2 bridgehead atoms. The monoisotopic (exact) mass is 176 g/mol. The lowest BCUT2D eigenvalue weighted by atomic mass is 9.36. The zero-order valence-corrected chi connectivity index (χ0v) is 7.57. The Morgan fingerprint density at radius 2 is 2.08 bits per heavy atom. The number of ketones is 2.